The van der Waals surface area contributed by atoms with Crippen LogP contribution in [0.4, 0.5) is 0 Å². The highest BCUT2D eigenvalue weighted by Gasteiger charge is 2.07. The summed E-state index contributed by atoms with van der Waals surface area (Å²) in [4.78, 5) is 13.1. The van der Waals surface area contributed by atoms with Crippen LogP contribution < -0.4 is 14.9 Å². The number of hydrogen-bond acceptors (Lipinski definition) is 5. The zero-order valence-corrected chi connectivity index (χ0v) is 15.7. The van der Waals surface area contributed by atoms with Crippen LogP contribution in [0.1, 0.15) is 27.7 Å². The van der Waals surface area contributed by atoms with E-state index < -0.39 is 0 Å². The summed E-state index contributed by atoms with van der Waals surface area (Å²) in [5.74, 6) is 1.07. The summed E-state index contributed by atoms with van der Waals surface area (Å²) in [5, 5.41) is 6.04. The fraction of sp³-hybridized carbons (Fsp3) is 0.143. The van der Waals surface area contributed by atoms with Gasteiger partial charge in [0.25, 0.3) is 5.91 Å². The summed E-state index contributed by atoms with van der Waals surface area (Å²) < 4.78 is 11.5. The third-order valence-electron chi connectivity index (χ3n) is 3.63. The lowest BCUT2D eigenvalue weighted by molar-refractivity contribution is 0.0955. The van der Waals surface area contributed by atoms with Crippen molar-refractivity contribution in [3.63, 3.8) is 0 Å². The van der Waals surface area contributed by atoms with Gasteiger partial charge in [-0.15, -0.1) is 11.3 Å². The van der Waals surface area contributed by atoms with Gasteiger partial charge in [-0.3, -0.25) is 4.79 Å². The van der Waals surface area contributed by atoms with Crippen molar-refractivity contribution in [3.05, 3.63) is 82.0 Å². The molecule has 1 aromatic heterocycles. The van der Waals surface area contributed by atoms with Crippen molar-refractivity contribution in [1.29, 1.82) is 0 Å². The van der Waals surface area contributed by atoms with Gasteiger partial charge in [-0.2, -0.15) is 5.10 Å². The maximum Gasteiger partial charge on any atom is 0.271 e. The molecular formula is C21H20N2O3S. The molecule has 0 aliphatic carbocycles. The number of amides is 1. The Hall–Kier alpha value is -3.12. The average Bonchev–Trinajstić information content (AvgIpc) is 3.22. The molecule has 2 aromatic carbocycles. The van der Waals surface area contributed by atoms with E-state index in [9.17, 15) is 4.79 Å². The van der Waals surface area contributed by atoms with Gasteiger partial charge >= 0.3 is 0 Å². The summed E-state index contributed by atoms with van der Waals surface area (Å²) in [7, 11) is 0. The van der Waals surface area contributed by atoms with E-state index in [4.69, 9.17) is 9.47 Å². The molecule has 0 unspecified atom stereocenters. The maximum atomic E-state index is 12.0. The summed E-state index contributed by atoms with van der Waals surface area (Å²) in [5.41, 5.74) is 3.88. The largest absolute Gasteiger partial charge is 0.490 e. The smallest absolute Gasteiger partial charge is 0.271 e. The molecule has 0 saturated heterocycles. The second kappa shape index (κ2) is 9.54. The van der Waals surface area contributed by atoms with Crippen molar-refractivity contribution in [1.82, 2.24) is 5.43 Å². The highest BCUT2D eigenvalue weighted by Crippen LogP contribution is 2.29. The van der Waals surface area contributed by atoms with Crippen molar-refractivity contribution in [3.8, 4) is 11.5 Å². The minimum Gasteiger partial charge on any atom is -0.490 e. The molecule has 0 radical (unpaired) electrons. The number of thiophene rings is 1. The molecule has 0 bridgehead atoms. The van der Waals surface area contributed by atoms with Gasteiger partial charge in [0.05, 0.1) is 12.8 Å². The standard InChI is InChI=1S/C21H20N2O3S/c1-2-25-20-13-16(10-11-19(20)26-15-18-9-6-12-27-18)14-22-23-21(24)17-7-4-3-5-8-17/h3-14H,2,15H2,1H3,(H,23,24)/b22-14-. The summed E-state index contributed by atoms with van der Waals surface area (Å²) in [6.07, 6.45) is 1.58. The second-order valence-corrected chi connectivity index (χ2v) is 6.60. The van der Waals surface area contributed by atoms with E-state index >= 15 is 0 Å². The molecule has 0 atom stereocenters. The quantitative estimate of drug-likeness (QED) is 0.463. The van der Waals surface area contributed by atoms with Crippen molar-refractivity contribution in [2.75, 3.05) is 6.61 Å². The van der Waals surface area contributed by atoms with Crippen molar-refractivity contribution < 1.29 is 14.3 Å². The Kier molecular flexibility index (Phi) is 6.60. The Bertz CT molecular complexity index is 893. The van der Waals surface area contributed by atoms with E-state index in [1.54, 1.807) is 29.7 Å². The predicted molar refractivity (Wildman–Crippen MR) is 108 cm³/mol. The molecule has 3 aromatic rings. The number of nitrogens with one attached hydrogen (secondary N) is 1. The fourth-order valence-electron chi connectivity index (χ4n) is 2.36. The Morgan fingerprint density at radius 1 is 1.07 bits per heavy atom. The zero-order valence-electron chi connectivity index (χ0n) is 14.9. The lowest BCUT2D eigenvalue weighted by Crippen LogP contribution is -2.17. The lowest BCUT2D eigenvalue weighted by Gasteiger charge is -2.12. The number of nitrogens with zero attached hydrogens (tertiary/aromatic N) is 1. The van der Waals surface area contributed by atoms with Gasteiger partial charge in [-0.05, 0) is 54.3 Å². The van der Waals surface area contributed by atoms with E-state index in [0.717, 1.165) is 10.4 Å². The van der Waals surface area contributed by atoms with Crippen molar-refractivity contribution in [2.24, 2.45) is 5.10 Å². The molecule has 0 spiro atoms. The number of hydrazone groups is 1. The van der Waals surface area contributed by atoms with E-state index in [-0.39, 0.29) is 5.91 Å². The number of benzene rings is 2. The molecule has 0 aliphatic rings. The van der Waals surface area contributed by atoms with Crippen LogP contribution in [0.5, 0.6) is 11.5 Å². The van der Waals surface area contributed by atoms with E-state index in [0.29, 0.717) is 30.3 Å². The van der Waals surface area contributed by atoms with Crippen LogP contribution in [0, 0.1) is 0 Å². The molecule has 3 rings (SSSR count). The van der Waals surface area contributed by atoms with Crippen LogP contribution in [0.2, 0.25) is 0 Å². The van der Waals surface area contributed by atoms with Gasteiger partial charge in [0.2, 0.25) is 0 Å². The first-order valence-corrected chi connectivity index (χ1v) is 9.44. The minimum atomic E-state index is -0.257. The zero-order chi connectivity index (χ0) is 18.9. The topological polar surface area (TPSA) is 59.9 Å². The summed E-state index contributed by atoms with van der Waals surface area (Å²) >= 11 is 1.65. The molecule has 5 nitrogen and oxygen atoms in total. The highest BCUT2D eigenvalue weighted by molar-refractivity contribution is 7.09. The molecule has 0 saturated carbocycles. The normalized spacial score (nSPS) is 10.7. The van der Waals surface area contributed by atoms with Crippen LogP contribution in [0.3, 0.4) is 0 Å². The van der Waals surface area contributed by atoms with Crippen molar-refractivity contribution in [2.45, 2.75) is 13.5 Å². The first-order chi connectivity index (χ1) is 13.3. The molecule has 138 valence electrons. The molecule has 1 N–H and O–H groups in total. The maximum absolute atomic E-state index is 12.0. The van der Waals surface area contributed by atoms with E-state index in [1.807, 2.05) is 60.8 Å². The SMILES string of the molecule is CCOc1cc(/C=N\NC(=O)c2ccccc2)ccc1OCc1cccs1. The summed E-state index contributed by atoms with van der Waals surface area (Å²) in [6, 6.07) is 18.5. The molecule has 27 heavy (non-hydrogen) atoms. The van der Waals surface area contributed by atoms with Crippen LogP contribution in [0.15, 0.2) is 71.1 Å². The molecule has 1 heterocycles. The lowest BCUT2D eigenvalue weighted by atomic mass is 10.2. The Balaban J connectivity index is 1.64. The highest BCUT2D eigenvalue weighted by atomic mass is 32.1. The third-order valence-corrected chi connectivity index (χ3v) is 4.48. The summed E-state index contributed by atoms with van der Waals surface area (Å²) in [6.45, 7) is 2.95. The van der Waals surface area contributed by atoms with Gasteiger partial charge in [0, 0.05) is 10.4 Å². The first-order valence-electron chi connectivity index (χ1n) is 8.56. The van der Waals surface area contributed by atoms with Crippen LogP contribution in [-0.4, -0.2) is 18.7 Å². The Labute approximate surface area is 162 Å². The monoisotopic (exact) mass is 380 g/mol. The Morgan fingerprint density at radius 2 is 1.93 bits per heavy atom. The van der Waals surface area contributed by atoms with Crippen molar-refractivity contribution >= 4 is 23.5 Å². The predicted octanol–water partition coefficient (Wildman–Crippen LogP) is 4.49. The first kappa shape index (κ1) is 18.7. The molecule has 6 heteroatoms. The molecule has 1 amide bonds. The average molecular weight is 380 g/mol. The molecular weight excluding hydrogens is 360 g/mol. The van der Waals surface area contributed by atoms with Gasteiger partial charge in [-0.1, -0.05) is 24.3 Å². The fourth-order valence-corrected chi connectivity index (χ4v) is 2.97. The van der Waals surface area contributed by atoms with Gasteiger partial charge in [0.15, 0.2) is 11.5 Å². The number of carbonyl (C=O) groups excluding carboxylic acids is 1. The number of carbonyl (C=O) groups is 1. The van der Waals surface area contributed by atoms with E-state index in [2.05, 4.69) is 10.5 Å². The van der Waals surface area contributed by atoms with E-state index in [1.165, 1.54) is 0 Å². The molecule has 0 fully saturated rings. The van der Waals surface area contributed by atoms with Crippen LogP contribution in [-0.2, 0) is 6.61 Å². The van der Waals surface area contributed by atoms with Crippen LogP contribution in [0.25, 0.3) is 0 Å². The number of hydrogen-bond donors (Lipinski definition) is 1. The number of ether oxygens (including phenoxy) is 2. The van der Waals surface area contributed by atoms with Gasteiger partial charge in [0.1, 0.15) is 6.61 Å². The van der Waals surface area contributed by atoms with Crippen LogP contribution >= 0.6 is 11.3 Å². The Morgan fingerprint density at radius 3 is 2.67 bits per heavy atom. The second-order valence-electron chi connectivity index (χ2n) is 5.57. The van der Waals surface area contributed by atoms with Gasteiger partial charge < -0.3 is 9.47 Å². The van der Waals surface area contributed by atoms with Gasteiger partial charge in [-0.25, -0.2) is 5.43 Å². The third kappa shape index (κ3) is 5.43. The minimum absolute atomic E-state index is 0.257. The molecule has 0 aliphatic heterocycles. The number of rotatable bonds is 8.